The smallest absolute Gasteiger partial charge is 0.191 e. The van der Waals surface area contributed by atoms with Gasteiger partial charge in [0.25, 0.3) is 0 Å². The molecule has 7 nitrogen and oxygen atoms in total. The lowest BCUT2D eigenvalue weighted by Gasteiger charge is -2.21. The zero-order chi connectivity index (χ0) is 20.9. The van der Waals surface area contributed by atoms with Crippen LogP contribution in [0.25, 0.3) is 0 Å². The molecule has 0 saturated heterocycles. The number of aliphatic imine (C=N–C) groups is 1. The second-order valence-electron chi connectivity index (χ2n) is 6.51. The number of hydrogen-bond donors (Lipinski definition) is 2. The van der Waals surface area contributed by atoms with Crippen LogP contribution in [0.1, 0.15) is 37.6 Å². The predicted molar refractivity (Wildman–Crippen MR) is 130 cm³/mol. The lowest BCUT2D eigenvalue weighted by atomic mass is 10.1. The monoisotopic (exact) mass is 531 g/mol. The number of ether oxygens (including phenoxy) is 3. The normalized spacial score (nSPS) is 12.1. The summed E-state index contributed by atoms with van der Waals surface area (Å²) in [5.41, 5.74) is 1.00. The third-order valence-corrected chi connectivity index (χ3v) is 4.42. The number of rotatable bonds is 12. The van der Waals surface area contributed by atoms with Crippen molar-refractivity contribution in [3.63, 3.8) is 0 Å². The van der Waals surface area contributed by atoms with E-state index in [1.165, 1.54) is 0 Å². The van der Waals surface area contributed by atoms with Gasteiger partial charge in [0.05, 0.1) is 26.5 Å². The molecular weight excluding hydrogens is 497 g/mol. The van der Waals surface area contributed by atoms with Crippen LogP contribution < -0.4 is 20.1 Å². The maximum Gasteiger partial charge on any atom is 0.191 e. The number of furan rings is 1. The maximum atomic E-state index is 5.52. The van der Waals surface area contributed by atoms with Gasteiger partial charge in [0, 0.05) is 38.3 Å². The summed E-state index contributed by atoms with van der Waals surface area (Å²) in [6, 6.07) is 9.62. The number of hydrogen-bond acceptors (Lipinski definition) is 5. The minimum absolute atomic E-state index is 0. The van der Waals surface area contributed by atoms with Gasteiger partial charge in [-0.25, -0.2) is 0 Å². The molecule has 0 bridgehead atoms. The van der Waals surface area contributed by atoms with Crippen molar-refractivity contribution in [3.05, 3.63) is 47.9 Å². The molecule has 2 rings (SSSR count). The maximum absolute atomic E-state index is 5.52. The van der Waals surface area contributed by atoms with Crippen molar-refractivity contribution in [2.75, 3.05) is 40.5 Å². The fourth-order valence-corrected chi connectivity index (χ4v) is 2.87. The Kier molecular flexibility index (Phi) is 13.0. The zero-order valence-corrected chi connectivity index (χ0v) is 20.6. The molecule has 8 heteroatoms. The van der Waals surface area contributed by atoms with Gasteiger partial charge in [-0.2, -0.15) is 0 Å². The molecule has 2 N–H and O–H groups in total. The highest BCUT2D eigenvalue weighted by molar-refractivity contribution is 14.0. The topological polar surface area (TPSA) is 77.2 Å². The summed E-state index contributed by atoms with van der Waals surface area (Å²) < 4.78 is 21.7. The van der Waals surface area contributed by atoms with Gasteiger partial charge in [-0.05, 0) is 50.6 Å². The van der Waals surface area contributed by atoms with E-state index in [0.29, 0.717) is 19.7 Å². The van der Waals surface area contributed by atoms with Gasteiger partial charge in [0.1, 0.15) is 17.3 Å². The lowest BCUT2D eigenvalue weighted by molar-refractivity contribution is 0.146. The van der Waals surface area contributed by atoms with Crippen LogP contribution in [0, 0.1) is 0 Å². The highest BCUT2D eigenvalue weighted by atomic mass is 127. The van der Waals surface area contributed by atoms with E-state index in [1.54, 1.807) is 20.5 Å². The number of methoxy groups -OCH3 is 2. The van der Waals surface area contributed by atoms with Crippen molar-refractivity contribution in [2.24, 2.45) is 4.99 Å². The molecule has 0 fully saturated rings. The minimum Gasteiger partial charge on any atom is -0.497 e. The Morgan fingerprint density at radius 2 is 2.03 bits per heavy atom. The molecule has 1 atom stereocenters. The van der Waals surface area contributed by atoms with Crippen molar-refractivity contribution < 1.29 is 18.6 Å². The molecule has 168 valence electrons. The van der Waals surface area contributed by atoms with E-state index in [2.05, 4.69) is 22.5 Å². The van der Waals surface area contributed by atoms with Crippen molar-refractivity contribution in [1.29, 1.82) is 0 Å². The van der Waals surface area contributed by atoms with E-state index in [1.807, 2.05) is 37.3 Å². The Morgan fingerprint density at radius 1 is 1.20 bits per heavy atom. The van der Waals surface area contributed by atoms with E-state index in [-0.39, 0.29) is 30.0 Å². The molecule has 1 unspecified atom stereocenters. The van der Waals surface area contributed by atoms with E-state index in [4.69, 9.17) is 18.6 Å². The third kappa shape index (κ3) is 8.83. The first-order valence-corrected chi connectivity index (χ1v) is 10.0. The number of guanidine groups is 1. The molecule has 2 aromatic rings. The average molecular weight is 531 g/mol. The molecule has 0 saturated carbocycles. The highest BCUT2D eigenvalue weighted by Crippen LogP contribution is 2.29. The van der Waals surface area contributed by atoms with Gasteiger partial charge < -0.3 is 29.3 Å². The highest BCUT2D eigenvalue weighted by Gasteiger charge is 2.14. The van der Waals surface area contributed by atoms with Crippen LogP contribution in [0.2, 0.25) is 0 Å². The molecule has 0 amide bonds. The third-order valence-electron chi connectivity index (χ3n) is 4.42. The Hall–Kier alpha value is -1.94. The first kappa shape index (κ1) is 26.1. The van der Waals surface area contributed by atoms with Crippen molar-refractivity contribution >= 4 is 29.9 Å². The Morgan fingerprint density at radius 3 is 2.70 bits per heavy atom. The van der Waals surface area contributed by atoms with Crippen LogP contribution in [-0.2, 0) is 11.2 Å². The van der Waals surface area contributed by atoms with E-state index in [0.717, 1.165) is 48.2 Å². The van der Waals surface area contributed by atoms with Crippen molar-refractivity contribution in [3.8, 4) is 11.5 Å². The molecule has 30 heavy (non-hydrogen) atoms. The van der Waals surface area contributed by atoms with Gasteiger partial charge in [-0.1, -0.05) is 0 Å². The first-order valence-electron chi connectivity index (χ1n) is 10.0. The van der Waals surface area contributed by atoms with E-state index in [9.17, 15) is 0 Å². The van der Waals surface area contributed by atoms with Crippen LogP contribution >= 0.6 is 24.0 Å². The first-order chi connectivity index (χ1) is 14.2. The number of nitrogens with one attached hydrogen (secondary N) is 2. The molecular formula is C22H34IN3O4. The van der Waals surface area contributed by atoms with Crippen LogP contribution in [-0.4, -0.2) is 46.5 Å². The molecule has 0 aliphatic heterocycles. The number of benzene rings is 1. The molecule has 0 aliphatic rings. The molecule has 1 aromatic carbocycles. The van der Waals surface area contributed by atoms with Crippen LogP contribution in [0.15, 0.2) is 46.0 Å². The summed E-state index contributed by atoms with van der Waals surface area (Å²) in [5.74, 6) is 3.27. The molecule has 1 heterocycles. The fourth-order valence-electron chi connectivity index (χ4n) is 2.87. The van der Waals surface area contributed by atoms with Crippen molar-refractivity contribution in [1.82, 2.24) is 10.6 Å². The minimum atomic E-state index is -0.0261. The van der Waals surface area contributed by atoms with Gasteiger partial charge in [-0.15, -0.1) is 24.0 Å². The summed E-state index contributed by atoms with van der Waals surface area (Å²) >= 11 is 0. The Labute approximate surface area is 196 Å². The second kappa shape index (κ2) is 15.0. The van der Waals surface area contributed by atoms with Gasteiger partial charge in [0.2, 0.25) is 0 Å². The van der Waals surface area contributed by atoms with Crippen LogP contribution in [0.5, 0.6) is 11.5 Å². The van der Waals surface area contributed by atoms with E-state index >= 15 is 0 Å². The van der Waals surface area contributed by atoms with E-state index < -0.39 is 0 Å². The van der Waals surface area contributed by atoms with Gasteiger partial charge >= 0.3 is 0 Å². The fraction of sp³-hybridized carbons (Fsp3) is 0.500. The predicted octanol–water partition coefficient (Wildman–Crippen LogP) is 4.18. The summed E-state index contributed by atoms with van der Waals surface area (Å²) in [4.78, 5) is 4.69. The molecule has 1 aromatic heterocycles. The molecule has 0 aliphatic carbocycles. The lowest BCUT2D eigenvalue weighted by Crippen LogP contribution is -2.40. The summed E-state index contributed by atoms with van der Waals surface area (Å²) in [5, 5.41) is 6.84. The number of halogens is 1. The summed E-state index contributed by atoms with van der Waals surface area (Å²) in [6.07, 6.45) is 3.34. The summed E-state index contributed by atoms with van der Waals surface area (Å²) in [6.45, 7) is 6.89. The Bertz CT molecular complexity index is 738. The molecule has 0 spiro atoms. The zero-order valence-electron chi connectivity index (χ0n) is 18.3. The SMILES string of the molecule is CCOCCCN=C(NCCc1ccco1)NC(C)c1cc(OC)ccc1OC.I. The van der Waals surface area contributed by atoms with Crippen LogP contribution in [0.3, 0.4) is 0 Å². The quantitative estimate of drug-likeness (QED) is 0.185. The van der Waals surface area contributed by atoms with Gasteiger partial charge in [0.15, 0.2) is 5.96 Å². The van der Waals surface area contributed by atoms with Gasteiger partial charge in [-0.3, -0.25) is 4.99 Å². The summed E-state index contributed by atoms with van der Waals surface area (Å²) in [7, 11) is 3.33. The molecule has 0 radical (unpaired) electrons. The number of nitrogens with zero attached hydrogens (tertiary/aromatic N) is 1. The van der Waals surface area contributed by atoms with Crippen molar-refractivity contribution in [2.45, 2.75) is 32.7 Å². The van der Waals surface area contributed by atoms with Crippen LogP contribution in [0.4, 0.5) is 0 Å². The Balaban J connectivity index is 0.00000450. The largest absolute Gasteiger partial charge is 0.497 e. The average Bonchev–Trinajstić information content (AvgIpc) is 3.26. The standard InChI is InChI=1S/C22H33N3O4.HI/c1-5-28-14-7-12-23-22(24-13-11-18-8-6-15-29-18)25-17(2)20-16-19(26-3)9-10-21(20)27-4;/h6,8-10,15-17H,5,7,11-14H2,1-4H3,(H2,23,24,25);1H. The second-order valence-corrected chi connectivity index (χ2v) is 6.51.